The van der Waals surface area contributed by atoms with Crippen LogP contribution < -0.4 is 10.2 Å². The summed E-state index contributed by atoms with van der Waals surface area (Å²) in [5.41, 5.74) is 0.676. The number of nitrogens with one attached hydrogen (secondary N) is 1. The van der Waals surface area contributed by atoms with Gasteiger partial charge in [-0.25, -0.2) is 9.78 Å². The maximum Gasteiger partial charge on any atom is 0.336 e. The minimum absolute atomic E-state index is 0.129. The van der Waals surface area contributed by atoms with E-state index in [9.17, 15) is 19.5 Å². The first kappa shape index (κ1) is 25.4. The van der Waals surface area contributed by atoms with E-state index in [0.29, 0.717) is 68.2 Å². The van der Waals surface area contributed by atoms with Crippen LogP contribution in [0, 0.1) is 5.41 Å². The lowest BCUT2D eigenvalue weighted by Gasteiger charge is -2.36. The van der Waals surface area contributed by atoms with Crippen LogP contribution in [-0.2, 0) is 9.59 Å². The van der Waals surface area contributed by atoms with Crippen LogP contribution in [0.25, 0.3) is 10.9 Å². The molecule has 0 spiro atoms. The Hall–Kier alpha value is -3.20. The molecule has 0 bridgehead atoms. The molecule has 1 saturated heterocycles. The number of amides is 2. The average Bonchev–Trinajstić information content (AvgIpc) is 2.79. The molecule has 0 saturated carbocycles. The minimum Gasteiger partial charge on any atom is -0.478 e. The molecule has 0 radical (unpaired) electrons. The van der Waals surface area contributed by atoms with Crippen LogP contribution in [0.1, 0.15) is 45.0 Å². The number of benzene rings is 1. The number of carbonyl (C=O) groups excluding carboxylic acids is 2. The number of hydrogen-bond donors (Lipinski definition) is 2. The first-order valence-electron chi connectivity index (χ1n) is 11.8. The molecular weight excluding hydrogens is 434 g/mol. The predicted octanol–water partition coefficient (Wildman–Crippen LogP) is 2.91. The monoisotopic (exact) mass is 469 g/mol. The second kappa shape index (κ2) is 10.4. The third kappa shape index (κ3) is 5.83. The molecule has 1 fully saturated rings. The molecule has 2 aromatic rings. The van der Waals surface area contributed by atoms with Crippen LogP contribution >= 0.6 is 0 Å². The Morgan fingerprint density at radius 1 is 1.06 bits per heavy atom. The molecule has 9 heteroatoms. The highest BCUT2D eigenvalue weighted by atomic mass is 16.4. The Kier molecular flexibility index (Phi) is 7.76. The number of aromatic nitrogens is 1. The highest BCUT2D eigenvalue weighted by Gasteiger charge is 2.24. The fraction of sp³-hybridized carbons (Fsp3) is 0.520. The molecule has 0 unspecified atom stereocenters. The van der Waals surface area contributed by atoms with Crippen molar-refractivity contribution in [1.82, 2.24) is 14.8 Å². The Labute approximate surface area is 200 Å². The number of rotatable bonds is 7. The number of fused-ring (bicyclic) bond motifs is 1. The summed E-state index contributed by atoms with van der Waals surface area (Å²) in [7, 11) is 0. The van der Waals surface area contributed by atoms with E-state index in [2.05, 4.69) is 15.1 Å². The lowest BCUT2D eigenvalue weighted by molar-refractivity contribution is -0.132. The topological polar surface area (TPSA) is 106 Å². The van der Waals surface area contributed by atoms with Crippen molar-refractivity contribution >= 4 is 40.2 Å². The number of hydrogen-bond acceptors (Lipinski definition) is 6. The number of piperazine rings is 1. The fourth-order valence-corrected chi connectivity index (χ4v) is 3.95. The van der Waals surface area contributed by atoms with Crippen molar-refractivity contribution in [2.45, 2.75) is 34.6 Å². The zero-order valence-corrected chi connectivity index (χ0v) is 20.7. The first-order valence-corrected chi connectivity index (χ1v) is 11.8. The summed E-state index contributed by atoms with van der Waals surface area (Å²) in [5, 5.41) is 13.2. The number of carbonyl (C=O) groups is 3. The molecule has 0 atom stereocenters. The van der Waals surface area contributed by atoms with Crippen LogP contribution in [0.4, 0.5) is 11.5 Å². The molecule has 34 heavy (non-hydrogen) atoms. The number of nitrogens with zero attached hydrogens (tertiary/aromatic N) is 4. The first-order chi connectivity index (χ1) is 16.0. The van der Waals surface area contributed by atoms with Gasteiger partial charge in [-0.3, -0.25) is 14.5 Å². The van der Waals surface area contributed by atoms with Gasteiger partial charge >= 0.3 is 5.97 Å². The van der Waals surface area contributed by atoms with E-state index in [1.807, 2.05) is 39.5 Å². The molecule has 1 aliphatic rings. The van der Waals surface area contributed by atoms with E-state index in [1.165, 1.54) is 0 Å². The number of likely N-dealkylation sites (N-methyl/N-ethyl adjacent to an activating group) is 1. The van der Waals surface area contributed by atoms with Crippen LogP contribution in [0.15, 0.2) is 24.3 Å². The normalized spacial score (nSPS) is 14.8. The quantitative estimate of drug-likeness (QED) is 0.642. The molecular formula is C25H35N5O4. The molecule has 1 aromatic heterocycles. The van der Waals surface area contributed by atoms with Crippen LogP contribution in [-0.4, -0.2) is 83.5 Å². The minimum atomic E-state index is -1.04. The summed E-state index contributed by atoms with van der Waals surface area (Å²) in [4.78, 5) is 47.5. The molecule has 2 N–H and O–H groups in total. The second-order valence-electron chi connectivity index (χ2n) is 9.60. The smallest absolute Gasteiger partial charge is 0.336 e. The third-order valence-corrected chi connectivity index (χ3v) is 6.14. The molecule has 2 heterocycles. The molecule has 2 amide bonds. The molecule has 9 nitrogen and oxygen atoms in total. The molecule has 1 aromatic carbocycles. The van der Waals surface area contributed by atoms with Gasteiger partial charge in [-0.15, -0.1) is 0 Å². The Morgan fingerprint density at radius 2 is 1.71 bits per heavy atom. The highest BCUT2D eigenvalue weighted by Crippen LogP contribution is 2.27. The van der Waals surface area contributed by atoms with Gasteiger partial charge in [-0.05, 0) is 38.1 Å². The van der Waals surface area contributed by atoms with Crippen molar-refractivity contribution in [1.29, 1.82) is 0 Å². The number of pyridine rings is 1. The van der Waals surface area contributed by atoms with Crippen molar-refractivity contribution in [3.05, 3.63) is 29.8 Å². The summed E-state index contributed by atoms with van der Waals surface area (Å²) in [6, 6.07) is 6.74. The van der Waals surface area contributed by atoms with Crippen LogP contribution in [0.2, 0.25) is 0 Å². The van der Waals surface area contributed by atoms with Crippen LogP contribution in [0.3, 0.4) is 0 Å². The van der Waals surface area contributed by atoms with Crippen LogP contribution in [0.5, 0.6) is 0 Å². The maximum absolute atomic E-state index is 12.4. The van der Waals surface area contributed by atoms with Gasteiger partial charge in [0.25, 0.3) is 0 Å². The van der Waals surface area contributed by atoms with E-state index in [0.717, 1.165) is 0 Å². The van der Waals surface area contributed by atoms with Gasteiger partial charge < -0.3 is 20.2 Å². The van der Waals surface area contributed by atoms with Gasteiger partial charge in [0.2, 0.25) is 11.8 Å². The fourth-order valence-electron chi connectivity index (χ4n) is 3.95. The molecule has 1 aliphatic heterocycles. The highest BCUT2D eigenvalue weighted by molar-refractivity contribution is 6.05. The van der Waals surface area contributed by atoms with E-state index in [-0.39, 0.29) is 17.4 Å². The van der Waals surface area contributed by atoms with E-state index < -0.39 is 11.4 Å². The lowest BCUT2D eigenvalue weighted by atomic mass is 9.95. The largest absolute Gasteiger partial charge is 0.478 e. The van der Waals surface area contributed by atoms with Crippen molar-refractivity contribution < 1.29 is 19.5 Å². The van der Waals surface area contributed by atoms with Gasteiger partial charge in [-0.1, -0.05) is 20.8 Å². The third-order valence-electron chi connectivity index (χ3n) is 6.14. The molecule has 3 rings (SSSR count). The Balaban J connectivity index is 1.78. The summed E-state index contributed by atoms with van der Waals surface area (Å²) >= 11 is 0. The Morgan fingerprint density at radius 3 is 2.26 bits per heavy atom. The van der Waals surface area contributed by atoms with Crippen molar-refractivity contribution in [2.24, 2.45) is 5.41 Å². The average molecular weight is 470 g/mol. The summed E-state index contributed by atoms with van der Waals surface area (Å²) in [5.74, 6) is -0.460. The zero-order valence-electron chi connectivity index (χ0n) is 20.7. The number of carboxylic acid groups (broad SMARTS) is 1. The van der Waals surface area contributed by atoms with Crippen molar-refractivity contribution in [3.8, 4) is 0 Å². The zero-order chi connectivity index (χ0) is 25.0. The summed E-state index contributed by atoms with van der Waals surface area (Å²) < 4.78 is 0. The second-order valence-corrected chi connectivity index (χ2v) is 9.60. The number of aromatic carboxylic acids is 1. The summed E-state index contributed by atoms with van der Waals surface area (Å²) in [6.07, 6.45) is 0. The molecule has 184 valence electrons. The van der Waals surface area contributed by atoms with Gasteiger partial charge in [0.1, 0.15) is 5.82 Å². The molecule has 0 aliphatic carbocycles. The lowest BCUT2D eigenvalue weighted by Crippen LogP contribution is -2.50. The van der Waals surface area contributed by atoms with Gasteiger partial charge in [-0.2, -0.15) is 0 Å². The van der Waals surface area contributed by atoms with E-state index >= 15 is 0 Å². The van der Waals surface area contributed by atoms with Gasteiger partial charge in [0.05, 0.1) is 17.6 Å². The van der Waals surface area contributed by atoms with Gasteiger partial charge in [0, 0.05) is 55.8 Å². The number of anilines is 2. The van der Waals surface area contributed by atoms with Crippen molar-refractivity contribution in [2.75, 3.05) is 56.0 Å². The predicted molar refractivity (Wildman–Crippen MR) is 133 cm³/mol. The van der Waals surface area contributed by atoms with E-state index in [4.69, 9.17) is 4.98 Å². The maximum atomic E-state index is 12.4. The Bertz CT molecular complexity index is 1070. The number of carboxylic acids is 1. The standard InChI is InChI=1S/C25H35N5O4/c1-6-29(7-2)22(31)16-28-10-12-30(13-11-28)21-15-19(23(32)33)18-14-17(8-9-20(18)27-21)26-24(34)25(3,4)5/h8-9,14-15H,6-7,10-13,16H2,1-5H3,(H,26,34)(H,32,33). The van der Waals surface area contributed by atoms with Crippen molar-refractivity contribution in [3.63, 3.8) is 0 Å². The van der Waals surface area contributed by atoms with E-state index in [1.54, 1.807) is 24.3 Å². The van der Waals surface area contributed by atoms with Gasteiger partial charge in [0.15, 0.2) is 0 Å². The SMILES string of the molecule is CCN(CC)C(=O)CN1CCN(c2cc(C(=O)O)c3cc(NC(=O)C(C)(C)C)ccc3n2)CC1. The summed E-state index contributed by atoms with van der Waals surface area (Å²) in [6.45, 7) is 13.9.